The fourth-order valence-corrected chi connectivity index (χ4v) is 2.66. The minimum absolute atomic E-state index is 0.0144. The lowest BCUT2D eigenvalue weighted by molar-refractivity contribution is -0.118. The van der Waals surface area contributed by atoms with Gasteiger partial charge >= 0.3 is 0 Å². The second-order valence-electron chi connectivity index (χ2n) is 5.85. The molecule has 0 saturated heterocycles. The van der Waals surface area contributed by atoms with Crippen LogP contribution in [0.4, 0.5) is 0 Å². The Bertz CT molecular complexity index is 581. The van der Waals surface area contributed by atoms with E-state index < -0.39 is 5.60 Å². The average Bonchev–Trinajstić information content (AvgIpc) is 2.58. The van der Waals surface area contributed by atoms with Crippen LogP contribution >= 0.6 is 0 Å². The van der Waals surface area contributed by atoms with E-state index in [4.69, 9.17) is 10.00 Å². The number of ether oxygens (including phenoxy) is 1. The summed E-state index contributed by atoms with van der Waals surface area (Å²) in [6.07, 6.45) is 7.85. The monoisotopic (exact) mass is 314 g/mol. The summed E-state index contributed by atoms with van der Waals surface area (Å²) >= 11 is 0. The van der Waals surface area contributed by atoms with E-state index in [-0.39, 0.29) is 12.5 Å². The zero-order valence-corrected chi connectivity index (χ0v) is 13.1. The molecule has 0 heterocycles. The molecular weight excluding hydrogens is 292 g/mol. The quantitative estimate of drug-likeness (QED) is 0.790. The van der Waals surface area contributed by atoms with Gasteiger partial charge in [0, 0.05) is 12.6 Å². The summed E-state index contributed by atoms with van der Waals surface area (Å²) in [5.74, 6) is 0.404. The summed E-state index contributed by atoms with van der Waals surface area (Å²) in [5.41, 5.74) is 0.113. The predicted octanol–water partition coefficient (Wildman–Crippen LogP) is 2.41. The zero-order chi connectivity index (χ0) is 16.5. The molecule has 1 amide bonds. The van der Waals surface area contributed by atoms with Gasteiger partial charge in [-0.05, 0) is 36.6 Å². The standard InChI is InChI=1S/C18H22N2O3/c19-12-13-23-16-7-4-15(5-8-16)6-9-17(21)20-14-18(22)10-2-1-3-11-18/h4-9,22H,1-3,10-11,13-14H2,(H,20,21). The first-order valence-electron chi connectivity index (χ1n) is 7.89. The van der Waals surface area contributed by atoms with Crippen LogP contribution in [0.3, 0.4) is 0 Å². The van der Waals surface area contributed by atoms with Crippen LogP contribution in [-0.4, -0.2) is 29.8 Å². The number of aliphatic hydroxyl groups is 1. The third kappa shape index (κ3) is 5.76. The number of rotatable bonds is 6. The SMILES string of the molecule is N#CCOc1ccc(C=CC(=O)NCC2(O)CCCCC2)cc1. The highest BCUT2D eigenvalue weighted by Gasteiger charge is 2.29. The summed E-state index contributed by atoms with van der Waals surface area (Å²) < 4.78 is 5.16. The van der Waals surface area contributed by atoms with Crippen molar-refractivity contribution in [1.82, 2.24) is 5.32 Å². The Hall–Kier alpha value is -2.32. The molecule has 0 aliphatic heterocycles. The molecule has 0 spiro atoms. The molecule has 23 heavy (non-hydrogen) atoms. The van der Waals surface area contributed by atoms with Gasteiger partial charge in [0.25, 0.3) is 0 Å². The highest BCUT2D eigenvalue weighted by molar-refractivity contribution is 5.91. The summed E-state index contributed by atoms with van der Waals surface area (Å²) in [7, 11) is 0. The molecule has 0 atom stereocenters. The van der Waals surface area contributed by atoms with E-state index in [0.29, 0.717) is 12.3 Å². The Morgan fingerprint density at radius 3 is 2.65 bits per heavy atom. The molecule has 1 aliphatic rings. The van der Waals surface area contributed by atoms with Crippen molar-refractivity contribution in [3.8, 4) is 11.8 Å². The highest BCUT2D eigenvalue weighted by Crippen LogP contribution is 2.27. The molecule has 5 heteroatoms. The van der Waals surface area contributed by atoms with E-state index in [1.54, 1.807) is 18.2 Å². The molecule has 122 valence electrons. The van der Waals surface area contributed by atoms with E-state index in [9.17, 15) is 9.90 Å². The molecule has 0 radical (unpaired) electrons. The lowest BCUT2D eigenvalue weighted by Crippen LogP contribution is -2.43. The lowest BCUT2D eigenvalue weighted by Gasteiger charge is -2.31. The van der Waals surface area contributed by atoms with Gasteiger partial charge in [0.1, 0.15) is 11.8 Å². The first-order valence-corrected chi connectivity index (χ1v) is 7.89. The molecule has 0 aromatic heterocycles. The number of carbonyl (C=O) groups is 1. The van der Waals surface area contributed by atoms with Gasteiger partial charge in [-0.2, -0.15) is 5.26 Å². The Morgan fingerprint density at radius 2 is 2.00 bits per heavy atom. The van der Waals surface area contributed by atoms with Gasteiger partial charge in [0.05, 0.1) is 5.60 Å². The maximum Gasteiger partial charge on any atom is 0.244 e. The summed E-state index contributed by atoms with van der Waals surface area (Å²) in [5, 5.41) is 21.5. The molecule has 0 unspecified atom stereocenters. The molecule has 5 nitrogen and oxygen atoms in total. The topological polar surface area (TPSA) is 82.3 Å². The Labute approximate surface area is 136 Å². The number of nitrogens with one attached hydrogen (secondary N) is 1. The van der Waals surface area contributed by atoms with Crippen LogP contribution in [-0.2, 0) is 4.79 Å². The third-order valence-corrected chi connectivity index (χ3v) is 3.99. The predicted molar refractivity (Wildman–Crippen MR) is 87.6 cm³/mol. The fraction of sp³-hybridized carbons (Fsp3) is 0.444. The Balaban J connectivity index is 1.80. The summed E-state index contributed by atoms with van der Waals surface area (Å²) in [6, 6.07) is 9.03. The van der Waals surface area contributed by atoms with Crippen molar-refractivity contribution < 1.29 is 14.6 Å². The number of amides is 1. The summed E-state index contributed by atoms with van der Waals surface area (Å²) in [4.78, 5) is 11.8. The number of hydrogen-bond acceptors (Lipinski definition) is 4. The van der Waals surface area contributed by atoms with E-state index >= 15 is 0 Å². The maximum atomic E-state index is 11.8. The zero-order valence-electron chi connectivity index (χ0n) is 13.1. The van der Waals surface area contributed by atoms with Gasteiger partial charge in [-0.3, -0.25) is 4.79 Å². The van der Waals surface area contributed by atoms with Gasteiger partial charge in [-0.1, -0.05) is 31.4 Å². The van der Waals surface area contributed by atoms with E-state index in [2.05, 4.69) is 5.32 Å². The molecule has 0 bridgehead atoms. The number of nitriles is 1. The molecule has 1 aromatic carbocycles. The minimum atomic E-state index is -0.749. The van der Waals surface area contributed by atoms with Crippen molar-refractivity contribution in [3.05, 3.63) is 35.9 Å². The molecular formula is C18H22N2O3. The summed E-state index contributed by atoms with van der Waals surface area (Å²) in [6.45, 7) is 0.317. The third-order valence-electron chi connectivity index (χ3n) is 3.99. The molecule has 1 aromatic rings. The van der Waals surface area contributed by atoms with Gasteiger partial charge in [0.2, 0.25) is 5.91 Å². The van der Waals surface area contributed by atoms with Gasteiger partial charge < -0.3 is 15.2 Å². The largest absolute Gasteiger partial charge is 0.479 e. The van der Waals surface area contributed by atoms with Crippen molar-refractivity contribution in [1.29, 1.82) is 5.26 Å². The molecule has 1 fully saturated rings. The smallest absolute Gasteiger partial charge is 0.244 e. The van der Waals surface area contributed by atoms with Crippen LogP contribution in [0.5, 0.6) is 5.75 Å². The van der Waals surface area contributed by atoms with Crippen LogP contribution in [0.2, 0.25) is 0 Å². The molecule has 2 N–H and O–H groups in total. The van der Waals surface area contributed by atoms with Crippen LogP contribution in [0.15, 0.2) is 30.3 Å². The number of hydrogen-bond donors (Lipinski definition) is 2. The van der Waals surface area contributed by atoms with Crippen molar-refractivity contribution >= 4 is 12.0 Å². The average molecular weight is 314 g/mol. The molecule has 1 aliphatic carbocycles. The fourth-order valence-electron chi connectivity index (χ4n) is 2.66. The Morgan fingerprint density at radius 1 is 1.30 bits per heavy atom. The van der Waals surface area contributed by atoms with E-state index in [1.807, 2.05) is 18.2 Å². The van der Waals surface area contributed by atoms with Crippen LogP contribution < -0.4 is 10.1 Å². The number of nitrogens with zero attached hydrogens (tertiary/aromatic N) is 1. The Kier molecular flexibility index (Phi) is 6.19. The number of carbonyl (C=O) groups excluding carboxylic acids is 1. The van der Waals surface area contributed by atoms with Crippen molar-refractivity contribution in [2.45, 2.75) is 37.7 Å². The minimum Gasteiger partial charge on any atom is -0.479 e. The van der Waals surface area contributed by atoms with E-state index in [0.717, 1.165) is 37.7 Å². The maximum absolute atomic E-state index is 11.8. The van der Waals surface area contributed by atoms with Gasteiger partial charge in [0.15, 0.2) is 6.61 Å². The number of benzene rings is 1. The van der Waals surface area contributed by atoms with Crippen LogP contribution in [0, 0.1) is 11.3 Å². The first kappa shape index (κ1) is 17.0. The van der Waals surface area contributed by atoms with Crippen molar-refractivity contribution in [3.63, 3.8) is 0 Å². The lowest BCUT2D eigenvalue weighted by atomic mass is 9.85. The van der Waals surface area contributed by atoms with Gasteiger partial charge in [-0.15, -0.1) is 0 Å². The highest BCUT2D eigenvalue weighted by atomic mass is 16.5. The van der Waals surface area contributed by atoms with Crippen LogP contribution in [0.1, 0.15) is 37.7 Å². The second kappa shape index (κ2) is 8.35. The van der Waals surface area contributed by atoms with Crippen molar-refractivity contribution in [2.75, 3.05) is 13.2 Å². The first-order chi connectivity index (χ1) is 11.1. The van der Waals surface area contributed by atoms with Crippen molar-refractivity contribution in [2.24, 2.45) is 0 Å². The molecule has 1 saturated carbocycles. The normalized spacial score (nSPS) is 16.7. The second-order valence-corrected chi connectivity index (χ2v) is 5.85. The molecule has 2 rings (SSSR count). The van der Waals surface area contributed by atoms with Gasteiger partial charge in [-0.25, -0.2) is 0 Å². The van der Waals surface area contributed by atoms with E-state index in [1.165, 1.54) is 6.08 Å². The van der Waals surface area contributed by atoms with Crippen LogP contribution in [0.25, 0.3) is 6.08 Å².